The molecule has 0 heterocycles. The Bertz CT molecular complexity index is 422. The lowest BCUT2D eigenvalue weighted by Gasteiger charge is -2.13. The molecule has 5 heteroatoms. The lowest BCUT2D eigenvalue weighted by Crippen LogP contribution is -2.31. The minimum atomic E-state index is -0.0165. The Morgan fingerprint density at radius 2 is 2.16 bits per heavy atom. The molecule has 0 atom stereocenters. The van der Waals surface area contributed by atoms with Crippen LogP contribution in [0.2, 0.25) is 5.02 Å². The fraction of sp³-hybridized carbons (Fsp3) is 0.500. The number of hydrogen-bond donors (Lipinski definition) is 2. The Morgan fingerprint density at radius 3 is 2.79 bits per heavy atom. The van der Waals surface area contributed by atoms with E-state index >= 15 is 0 Å². The third-order valence-electron chi connectivity index (χ3n) is 2.44. The van der Waals surface area contributed by atoms with Gasteiger partial charge in [0.1, 0.15) is 5.75 Å². The van der Waals surface area contributed by atoms with Gasteiger partial charge in [-0.15, -0.1) is 0 Å². The Morgan fingerprint density at radius 1 is 1.42 bits per heavy atom. The number of ether oxygens (including phenoxy) is 1. The maximum atomic E-state index is 11.5. The van der Waals surface area contributed by atoms with E-state index in [-0.39, 0.29) is 11.9 Å². The van der Waals surface area contributed by atoms with E-state index < -0.39 is 0 Å². The van der Waals surface area contributed by atoms with Crippen LogP contribution in [0.1, 0.15) is 25.8 Å². The summed E-state index contributed by atoms with van der Waals surface area (Å²) >= 11 is 6.11. The molecule has 0 spiro atoms. The highest BCUT2D eigenvalue weighted by Gasteiger charge is 2.09. The Labute approximate surface area is 119 Å². The van der Waals surface area contributed by atoms with Gasteiger partial charge in [0.05, 0.1) is 18.1 Å². The van der Waals surface area contributed by atoms with Gasteiger partial charge >= 0.3 is 0 Å². The van der Waals surface area contributed by atoms with Gasteiger partial charge in [-0.2, -0.15) is 0 Å². The van der Waals surface area contributed by atoms with E-state index in [1.165, 1.54) is 0 Å². The zero-order chi connectivity index (χ0) is 14.3. The van der Waals surface area contributed by atoms with E-state index in [4.69, 9.17) is 16.3 Å². The average Bonchev–Trinajstić information content (AvgIpc) is 2.32. The third kappa shape index (κ3) is 5.49. The molecule has 2 N–H and O–H groups in total. The first-order chi connectivity index (χ1) is 9.04. The van der Waals surface area contributed by atoms with Crippen LogP contribution in [0.5, 0.6) is 5.75 Å². The van der Waals surface area contributed by atoms with Crippen molar-refractivity contribution in [3.05, 3.63) is 28.8 Å². The SMILES string of the molecule is CNCc1cccc(Cl)c1OCCC(=O)NC(C)C. The van der Waals surface area contributed by atoms with Crippen LogP contribution in [-0.2, 0) is 11.3 Å². The van der Waals surface area contributed by atoms with Crippen molar-refractivity contribution in [2.45, 2.75) is 32.9 Å². The van der Waals surface area contributed by atoms with Gasteiger partial charge in [0.2, 0.25) is 5.91 Å². The van der Waals surface area contributed by atoms with Crippen LogP contribution in [0.25, 0.3) is 0 Å². The molecule has 0 bridgehead atoms. The number of amides is 1. The van der Waals surface area contributed by atoms with Gasteiger partial charge in [0.25, 0.3) is 0 Å². The van der Waals surface area contributed by atoms with Gasteiger partial charge in [0.15, 0.2) is 0 Å². The van der Waals surface area contributed by atoms with E-state index in [2.05, 4.69) is 10.6 Å². The predicted molar refractivity (Wildman–Crippen MR) is 77.6 cm³/mol. The van der Waals surface area contributed by atoms with Crippen LogP contribution in [0.15, 0.2) is 18.2 Å². The second kappa shape index (κ2) is 8.02. The first-order valence-corrected chi connectivity index (χ1v) is 6.76. The van der Waals surface area contributed by atoms with E-state index in [9.17, 15) is 4.79 Å². The van der Waals surface area contributed by atoms with Crippen LogP contribution in [0.4, 0.5) is 0 Å². The summed E-state index contributed by atoms with van der Waals surface area (Å²) in [5.41, 5.74) is 0.985. The van der Waals surface area contributed by atoms with Crippen LogP contribution >= 0.6 is 11.6 Å². The van der Waals surface area contributed by atoms with Crippen LogP contribution in [0, 0.1) is 0 Å². The number of hydrogen-bond acceptors (Lipinski definition) is 3. The maximum Gasteiger partial charge on any atom is 0.223 e. The number of rotatable bonds is 7. The average molecular weight is 285 g/mol. The van der Waals surface area contributed by atoms with Crippen molar-refractivity contribution in [3.63, 3.8) is 0 Å². The number of carbonyl (C=O) groups excluding carboxylic acids is 1. The highest BCUT2D eigenvalue weighted by molar-refractivity contribution is 6.32. The van der Waals surface area contributed by atoms with E-state index in [1.807, 2.05) is 33.0 Å². The molecule has 1 aromatic carbocycles. The highest BCUT2D eigenvalue weighted by atomic mass is 35.5. The molecule has 0 radical (unpaired) electrons. The number of halogens is 1. The van der Waals surface area contributed by atoms with E-state index in [0.29, 0.717) is 30.3 Å². The van der Waals surface area contributed by atoms with Gasteiger partial charge in [-0.1, -0.05) is 23.7 Å². The van der Waals surface area contributed by atoms with Crippen molar-refractivity contribution in [2.24, 2.45) is 0 Å². The van der Waals surface area contributed by atoms with Crippen LogP contribution in [0.3, 0.4) is 0 Å². The molecule has 0 saturated carbocycles. The number of nitrogens with one attached hydrogen (secondary N) is 2. The third-order valence-corrected chi connectivity index (χ3v) is 2.74. The molecule has 0 aromatic heterocycles. The van der Waals surface area contributed by atoms with E-state index in [1.54, 1.807) is 6.07 Å². The van der Waals surface area contributed by atoms with Gasteiger partial charge in [-0.3, -0.25) is 4.79 Å². The Hall–Kier alpha value is -1.26. The Kier molecular flexibility index (Phi) is 6.67. The normalized spacial score (nSPS) is 10.6. The summed E-state index contributed by atoms with van der Waals surface area (Å²) < 4.78 is 5.64. The predicted octanol–water partition coefficient (Wildman–Crippen LogP) is 2.35. The first kappa shape index (κ1) is 15.8. The molecular formula is C14H21ClN2O2. The molecule has 4 nitrogen and oxygen atoms in total. The summed E-state index contributed by atoms with van der Waals surface area (Å²) in [6.45, 7) is 4.85. The smallest absolute Gasteiger partial charge is 0.223 e. The van der Waals surface area contributed by atoms with Crippen molar-refractivity contribution in [1.82, 2.24) is 10.6 Å². The van der Waals surface area contributed by atoms with Crippen molar-refractivity contribution in [3.8, 4) is 5.75 Å². The standard InChI is InChI=1S/C14H21ClN2O2/c1-10(2)17-13(18)7-8-19-14-11(9-16-3)5-4-6-12(14)15/h4-6,10,16H,7-9H2,1-3H3,(H,17,18). The van der Waals surface area contributed by atoms with Crippen molar-refractivity contribution in [2.75, 3.05) is 13.7 Å². The zero-order valence-electron chi connectivity index (χ0n) is 11.6. The zero-order valence-corrected chi connectivity index (χ0v) is 12.4. The molecule has 1 aromatic rings. The first-order valence-electron chi connectivity index (χ1n) is 6.38. The van der Waals surface area contributed by atoms with Gasteiger partial charge in [0, 0.05) is 18.2 Å². The topological polar surface area (TPSA) is 50.4 Å². The summed E-state index contributed by atoms with van der Waals surface area (Å²) in [5.74, 6) is 0.632. The molecule has 0 unspecified atom stereocenters. The fourth-order valence-corrected chi connectivity index (χ4v) is 1.93. The van der Waals surface area contributed by atoms with Crippen molar-refractivity contribution < 1.29 is 9.53 Å². The second-order valence-corrected chi connectivity index (χ2v) is 4.99. The summed E-state index contributed by atoms with van der Waals surface area (Å²) in [5, 5.41) is 6.44. The highest BCUT2D eigenvalue weighted by Crippen LogP contribution is 2.28. The lowest BCUT2D eigenvalue weighted by atomic mass is 10.2. The van der Waals surface area contributed by atoms with Crippen LogP contribution < -0.4 is 15.4 Å². The molecule has 1 amide bonds. The number of para-hydroxylation sites is 1. The lowest BCUT2D eigenvalue weighted by molar-refractivity contribution is -0.122. The molecular weight excluding hydrogens is 264 g/mol. The molecule has 0 aliphatic heterocycles. The number of benzene rings is 1. The van der Waals surface area contributed by atoms with Gasteiger partial charge < -0.3 is 15.4 Å². The minimum absolute atomic E-state index is 0.0165. The fourth-order valence-electron chi connectivity index (χ4n) is 1.68. The van der Waals surface area contributed by atoms with Crippen LogP contribution in [-0.4, -0.2) is 25.6 Å². The maximum absolute atomic E-state index is 11.5. The summed E-state index contributed by atoms with van der Waals surface area (Å²) in [7, 11) is 1.86. The molecule has 1 rings (SSSR count). The van der Waals surface area contributed by atoms with Gasteiger partial charge in [-0.05, 0) is 27.0 Å². The molecule has 0 fully saturated rings. The van der Waals surface area contributed by atoms with Crippen molar-refractivity contribution in [1.29, 1.82) is 0 Å². The largest absolute Gasteiger partial charge is 0.491 e. The molecule has 0 aliphatic rings. The Balaban J connectivity index is 2.55. The molecule has 0 saturated heterocycles. The molecule has 106 valence electrons. The van der Waals surface area contributed by atoms with Gasteiger partial charge in [-0.25, -0.2) is 0 Å². The minimum Gasteiger partial charge on any atom is -0.491 e. The van der Waals surface area contributed by atoms with E-state index in [0.717, 1.165) is 5.56 Å². The summed E-state index contributed by atoms with van der Waals surface area (Å²) in [6.07, 6.45) is 0.322. The second-order valence-electron chi connectivity index (χ2n) is 4.58. The molecule has 0 aliphatic carbocycles. The van der Waals surface area contributed by atoms with Crippen molar-refractivity contribution >= 4 is 17.5 Å². The quantitative estimate of drug-likeness (QED) is 0.808. The molecule has 19 heavy (non-hydrogen) atoms. The number of carbonyl (C=O) groups is 1. The summed E-state index contributed by atoms with van der Waals surface area (Å²) in [6, 6.07) is 5.76. The summed E-state index contributed by atoms with van der Waals surface area (Å²) in [4.78, 5) is 11.5. The monoisotopic (exact) mass is 284 g/mol.